The van der Waals surface area contributed by atoms with Crippen LogP contribution in [0.4, 0.5) is 34.4 Å². The second kappa shape index (κ2) is 16.0. The number of rotatable bonds is 16. The minimum atomic E-state index is -4.89. The highest BCUT2D eigenvalue weighted by molar-refractivity contribution is 7.94. The maximum atomic E-state index is 12.3. The Morgan fingerprint density at radius 1 is 1.00 bits per heavy atom. The van der Waals surface area contributed by atoms with Crippen LogP contribution in [-0.2, 0) is 34.8 Å². The van der Waals surface area contributed by atoms with Gasteiger partial charge in [0.05, 0.1) is 27.6 Å². The van der Waals surface area contributed by atoms with Crippen molar-refractivity contribution in [3.8, 4) is 6.07 Å². The van der Waals surface area contributed by atoms with Crippen LogP contribution in [0.2, 0.25) is 0 Å². The van der Waals surface area contributed by atoms with Crippen molar-refractivity contribution in [1.29, 1.82) is 5.26 Å². The van der Waals surface area contributed by atoms with Gasteiger partial charge in [0.2, 0.25) is 0 Å². The first-order valence-corrected chi connectivity index (χ1v) is 18.4. The lowest BCUT2D eigenvalue weighted by Crippen LogP contribution is -2.26. The Bertz CT molecular complexity index is 2100. The Morgan fingerprint density at radius 2 is 1.65 bits per heavy atom. The zero-order valence-electron chi connectivity index (χ0n) is 26.0. The van der Waals surface area contributed by atoms with Crippen LogP contribution in [0.25, 0.3) is 0 Å². The third kappa shape index (κ3) is 10.2. The average molecular weight is 721 g/mol. The SMILES string of the molecule is C=CS(=O)(=O)CCN(C)c1nc(NCCCOC)c(C#N)c(C)c1N=Nc1ccc(N=Nc2ccc(S(=O)(=O)O)cc2)cc1S(=O)(=O)O. The molecule has 0 atom stereocenters. The largest absolute Gasteiger partial charge is 0.385 e. The highest BCUT2D eigenvalue weighted by Gasteiger charge is 2.22. The van der Waals surface area contributed by atoms with Gasteiger partial charge < -0.3 is 15.0 Å². The molecule has 0 radical (unpaired) electrons. The van der Waals surface area contributed by atoms with Gasteiger partial charge >= 0.3 is 0 Å². The van der Waals surface area contributed by atoms with Crippen molar-refractivity contribution in [2.75, 3.05) is 49.8 Å². The van der Waals surface area contributed by atoms with Crippen molar-refractivity contribution in [3.05, 3.63) is 65.6 Å². The van der Waals surface area contributed by atoms with E-state index in [2.05, 4.69) is 43.4 Å². The zero-order chi connectivity index (χ0) is 35.7. The Hall–Kier alpha value is -4.65. The van der Waals surface area contributed by atoms with Crippen LogP contribution in [-0.4, -0.2) is 78.9 Å². The summed E-state index contributed by atoms with van der Waals surface area (Å²) < 4.78 is 95.4. The number of methoxy groups -OCH3 is 1. The van der Waals surface area contributed by atoms with Crippen molar-refractivity contribution in [2.24, 2.45) is 20.5 Å². The molecule has 3 rings (SSSR count). The fourth-order valence-corrected chi connectivity index (χ4v) is 5.78. The molecule has 17 nitrogen and oxygen atoms in total. The highest BCUT2D eigenvalue weighted by Crippen LogP contribution is 2.38. The summed E-state index contributed by atoms with van der Waals surface area (Å²) in [6, 6.07) is 10.3. The number of nitriles is 1. The van der Waals surface area contributed by atoms with E-state index < -0.39 is 35.0 Å². The first kappa shape index (κ1) is 37.8. The van der Waals surface area contributed by atoms with E-state index >= 15 is 0 Å². The number of azo groups is 2. The highest BCUT2D eigenvalue weighted by atomic mass is 32.2. The van der Waals surface area contributed by atoms with Crippen molar-refractivity contribution < 1.29 is 39.1 Å². The molecule has 3 aromatic rings. The Balaban J connectivity index is 2.07. The topological polar surface area (TPSA) is 253 Å². The number of hydrogen-bond donors (Lipinski definition) is 3. The summed E-state index contributed by atoms with van der Waals surface area (Å²) in [4.78, 5) is 4.98. The predicted molar refractivity (Wildman–Crippen MR) is 177 cm³/mol. The molecule has 0 saturated heterocycles. The number of aromatic nitrogens is 1. The fraction of sp³-hybridized carbons (Fsp3) is 0.286. The van der Waals surface area contributed by atoms with Crippen LogP contribution in [0.15, 0.2) is 84.7 Å². The molecule has 1 heterocycles. The molecular weight excluding hydrogens is 689 g/mol. The minimum Gasteiger partial charge on any atom is -0.385 e. The number of sulfone groups is 1. The summed E-state index contributed by atoms with van der Waals surface area (Å²) in [5.41, 5.74) is 0.288. The van der Waals surface area contributed by atoms with Gasteiger partial charge in [-0.3, -0.25) is 9.11 Å². The second-order valence-electron chi connectivity index (χ2n) is 9.97. The molecule has 2 aromatic carbocycles. The van der Waals surface area contributed by atoms with Gasteiger partial charge in [-0.15, -0.1) is 10.2 Å². The van der Waals surface area contributed by atoms with Gasteiger partial charge in [-0.1, -0.05) is 6.58 Å². The lowest BCUT2D eigenvalue weighted by atomic mass is 10.1. The minimum absolute atomic E-state index is 0.0298. The fourth-order valence-electron chi connectivity index (χ4n) is 3.96. The van der Waals surface area contributed by atoms with E-state index in [9.17, 15) is 35.1 Å². The summed E-state index contributed by atoms with van der Waals surface area (Å²) in [7, 11) is -9.79. The molecule has 0 bridgehead atoms. The zero-order valence-corrected chi connectivity index (χ0v) is 28.4. The van der Waals surface area contributed by atoms with Gasteiger partial charge in [0.1, 0.15) is 28.2 Å². The van der Waals surface area contributed by atoms with Crippen LogP contribution in [0.5, 0.6) is 0 Å². The number of anilines is 2. The maximum absolute atomic E-state index is 12.3. The Morgan fingerprint density at radius 3 is 2.23 bits per heavy atom. The summed E-state index contributed by atoms with van der Waals surface area (Å²) in [5.74, 6) is 0.0242. The third-order valence-electron chi connectivity index (χ3n) is 6.55. The van der Waals surface area contributed by atoms with Gasteiger partial charge in [0.25, 0.3) is 20.2 Å². The molecule has 0 spiro atoms. The van der Waals surface area contributed by atoms with Gasteiger partial charge in [-0.25, -0.2) is 13.4 Å². The lowest BCUT2D eigenvalue weighted by Gasteiger charge is -2.22. The molecule has 48 heavy (non-hydrogen) atoms. The molecule has 256 valence electrons. The van der Waals surface area contributed by atoms with Crippen molar-refractivity contribution >= 4 is 64.5 Å². The third-order valence-corrected chi connectivity index (χ3v) is 9.56. The molecule has 0 aliphatic carbocycles. The summed E-state index contributed by atoms with van der Waals surface area (Å²) in [6.07, 6.45) is 0.598. The number of ether oxygens (including phenoxy) is 1. The summed E-state index contributed by atoms with van der Waals surface area (Å²) in [6.45, 7) is 5.69. The van der Waals surface area contributed by atoms with E-state index in [0.29, 0.717) is 25.1 Å². The maximum Gasteiger partial charge on any atom is 0.296 e. The summed E-state index contributed by atoms with van der Waals surface area (Å²) >= 11 is 0. The number of nitrogens with one attached hydrogen (secondary N) is 1. The molecule has 0 aliphatic rings. The summed E-state index contributed by atoms with van der Waals surface area (Å²) in [5, 5.41) is 29.9. The number of nitrogens with zero attached hydrogens (tertiary/aromatic N) is 7. The van der Waals surface area contributed by atoms with Crippen LogP contribution in [0.3, 0.4) is 0 Å². The molecule has 20 heteroatoms. The molecular formula is C28H32N8O9S3. The molecule has 0 amide bonds. The monoisotopic (exact) mass is 720 g/mol. The average Bonchev–Trinajstić information content (AvgIpc) is 3.03. The van der Waals surface area contributed by atoms with Crippen LogP contribution < -0.4 is 10.2 Å². The van der Waals surface area contributed by atoms with Gasteiger partial charge in [0.15, 0.2) is 15.7 Å². The molecule has 0 saturated carbocycles. The van der Waals surface area contributed by atoms with E-state index in [0.717, 1.165) is 23.6 Å². The first-order chi connectivity index (χ1) is 22.5. The van der Waals surface area contributed by atoms with Gasteiger partial charge in [0, 0.05) is 44.8 Å². The van der Waals surface area contributed by atoms with Gasteiger partial charge in [-0.2, -0.15) is 32.3 Å². The van der Waals surface area contributed by atoms with E-state index in [1.165, 1.54) is 29.2 Å². The molecule has 1 aromatic heterocycles. The lowest BCUT2D eigenvalue weighted by molar-refractivity contribution is 0.197. The predicted octanol–water partition coefficient (Wildman–Crippen LogP) is 5.03. The molecule has 0 fully saturated rings. The molecule has 0 unspecified atom stereocenters. The quantitative estimate of drug-likeness (QED) is 0.0998. The number of benzene rings is 2. The smallest absolute Gasteiger partial charge is 0.296 e. The van der Waals surface area contributed by atoms with E-state index in [4.69, 9.17) is 9.29 Å². The Kier molecular flexibility index (Phi) is 12.6. The van der Waals surface area contributed by atoms with E-state index in [1.54, 1.807) is 21.1 Å². The Labute approximate surface area is 278 Å². The van der Waals surface area contributed by atoms with E-state index in [-0.39, 0.29) is 57.1 Å². The van der Waals surface area contributed by atoms with Crippen LogP contribution in [0.1, 0.15) is 17.5 Å². The van der Waals surface area contributed by atoms with Gasteiger partial charge in [-0.05, 0) is 55.8 Å². The molecule has 3 N–H and O–H groups in total. The van der Waals surface area contributed by atoms with Crippen LogP contribution in [0, 0.1) is 18.3 Å². The van der Waals surface area contributed by atoms with Crippen molar-refractivity contribution in [2.45, 2.75) is 23.1 Å². The molecule has 0 aliphatic heterocycles. The van der Waals surface area contributed by atoms with Crippen molar-refractivity contribution in [3.63, 3.8) is 0 Å². The standard InChI is InChI=1S/C28H32N8O9S3/c1-5-46(37,38)16-14-36(3)28-26(19(2)23(18-29)27(31-28)30-13-6-15-45-4)35-34-24-12-9-21(17-25(24)48(42,43)44)33-32-20-7-10-22(11-8-20)47(39,40)41/h5,7-12,17H,1,6,13-16H2,2-4H3,(H,30,31)(H,39,40,41)(H,42,43,44). The van der Waals surface area contributed by atoms with E-state index in [1.807, 2.05) is 0 Å². The van der Waals surface area contributed by atoms with Crippen LogP contribution >= 0.6 is 0 Å². The first-order valence-electron chi connectivity index (χ1n) is 13.8. The van der Waals surface area contributed by atoms with Crippen molar-refractivity contribution in [1.82, 2.24) is 4.98 Å². The number of pyridine rings is 1. The number of hydrogen-bond acceptors (Lipinski definition) is 15. The second-order valence-corrected chi connectivity index (χ2v) is 14.8. The normalized spacial score (nSPS) is 12.3.